The summed E-state index contributed by atoms with van der Waals surface area (Å²) in [6.07, 6.45) is 6.69. The summed E-state index contributed by atoms with van der Waals surface area (Å²) in [7, 11) is 0. The van der Waals surface area contributed by atoms with Crippen LogP contribution in [0.4, 0.5) is 0 Å². The van der Waals surface area contributed by atoms with Gasteiger partial charge in [0, 0.05) is 12.6 Å². The average molecular weight is 210 g/mol. The number of rotatable bonds is 4. The molecule has 0 radical (unpaired) electrons. The van der Waals surface area contributed by atoms with Crippen molar-refractivity contribution in [1.82, 2.24) is 10.6 Å². The SMILES string of the molecule is CCCC1(C(=O)NC2CC2)CCCNC1. The molecule has 0 spiro atoms. The summed E-state index contributed by atoms with van der Waals surface area (Å²) in [6, 6.07) is 0.494. The van der Waals surface area contributed by atoms with Crippen molar-refractivity contribution in [2.24, 2.45) is 5.41 Å². The van der Waals surface area contributed by atoms with E-state index in [9.17, 15) is 4.79 Å². The van der Waals surface area contributed by atoms with Crippen molar-refractivity contribution in [2.75, 3.05) is 13.1 Å². The summed E-state index contributed by atoms with van der Waals surface area (Å²) in [5.41, 5.74) is -0.102. The molecule has 1 saturated heterocycles. The van der Waals surface area contributed by atoms with Crippen molar-refractivity contribution >= 4 is 5.91 Å². The van der Waals surface area contributed by atoms with E-state index in [-0.39, 0.29) is 5.41 Å². The van der Waals surface area contributed by atoms with Crippen molar-refractivity contribution in [3.8, 4) is 0 Å². The Labute approximate surface area is 92.0 Å². The molecule has 1 atom stereocenters. The van der Waals surface area contributed by atoms with Gasteiger partial charge in [-0.2, -0.15) is 0 Å². The number of hydrogen-bond donors (Lipinski definition) is 2. The maximum atomic E-state index is 12.2. The van der Waals surface area contributed by atoms with E-state index in [1.165, 1.54) is 12.8 Å². The Bertz CT molecular complexity index is 224. The standard InChI is InChI=1S/C12H22N2O/c1-2-6-12(7-3-8-13-9-12)11(15)14-10-4-5-10/h10,13H,2-9H2,1H3,(H,14,15). The normalized spacial score (nSPS) is 31.3. The molecular weight excluding hydrogens is 188 g/mol. The van der Waals surface area contributed by atoms with E-state index in [0.717, 1.165) is 38.8 Å². The number of carbonyl (C=O) groups is 1. The minimum Gasteiger partial charge on any atom is -0.353 e. The lowest BCUT2D eigenvalue weighted by Gasteiger charge is -2.36. The van der Waals surface area contributed by atoms with E-state index in [1.54, 1.807) is 0 Å². The van der Waals surface area contributed by atoms with Crippen LogP contribution in [-0.2, 0) is 4.79 Å². The molecule has 2 aliphatic rings. The molecule has 1 aliphatic heterocycles. The van der Waals surface area contributed by atoms with E-state index in [0.29, 0.717) is 11.9 Å². The van der Waals surface area contributed by atoms with Crippen LogP contribution in [0.15, 0.2) is 0 Å². The van der Waals surface area contributed by atoms with Gasteiger partial charge in [-0.25, -0.2) is 0 Å². The quantitative estimate of drug-likeness (QED) is 0.737. The molecule has 0 aromatic rings. The molecule has 3 heteroatoms. The van der Waals surface area contributed by atoms with Crippen LogP contribution in [0, 0.1) is 5.41 Å². The van der Waals surface area contributed by atoms with Gasteiger partial charge in [0.25, 0.3) is 0 Å². The molecule has 0 aromatic carbocycles. The van der Waals surface area contributed by atoms with Crippen molar-refractivity contribution in [2.45, 2.75) is 51.5 Å². The third-order valence-electron chi connectivity index (χ3n) is 3.60. The number of nitrogens with one attached hydrogen (secondary N) is 2. The largest absolute Gasteiger partial charge is 0.353 e. The van der Waals surface area contributed by atoms with Crippen LogP contribution in [-0.4, -0.2) is 25.0 Å². The molecule has 1 heterocycles. The molecule has 3 nitrogen and oxygen atoms in total. The predicted molar refractivity (Wildman–Crippen MR) is 60.6 cm³/mol. The minimum atomic E-state index is -0.102. The zero-order chi connectivity index (χ0) is 10.7. The number of carbonyl (C=O) groups excluding carboxylic acids is 1. The highest BCUT2D eigenvalue weighted by atomic mass is 16.2. The Morgan fingerprint density at radius 3 is 2.87 bits per heavy atom. The average Bonchev–Trinajstić information content (AvgIpc) is 3.03. The maximum absolute atomic E-state index is 12.2. The summed E-state index contributed by atoms with van der Waals surface area (Å²) in [5, 5.41) is 6.54. The second kappa shape index (κ2) is 4.52. The van der Waals surface area contributed by atoms with Crippen LogP contribution < -0.4 is 10.6 Å². The number of piperidine rings is 1. The van der Waals surface area contributed by atoms with Crippen LogP contribution in [0.5, 0.6) is 0 Å². The van der Waals surface area contributed by atoms with Crippen LogP contribution >= 0.6 is 0 Å². The smallest absolute Gasteiger partial charge is 0.227 e. The van der Waals surface area contributed by atoms with Crippen molar-refractivity contribution in [3.05, 3.63) is 0 Å². The van der Waals surface area contributed by atoms with E-state index in [1.807, 2.05) is 0 Å². The van der Waals surface area contributed by atoms with Crippen molar-refractivity contribution in [1.29, 1.82) is 0 Å². The molecule has 2 fully saturated rings. The van der Waals surface area contributed by atoms with E-state index in [4.69, 9.17) is 0 Å². The van der Waals surface area contributed by atoms with E-state index in [2.05, 4.69) is 17.6 Å². The molecule has 1 aliphatic carbocycles. The van der Waals surface area contributed by atoms with Crippen molar-refractivity contribution in [3.63, 3.8) is 0 Å². The topological polar surface area (TPSA) is 41.1 Å². The van der Waals surface area contributed by atoms with Gasteiger partial charge in [-0.3, -0.25) is 4.79 Å². The minimum absolute atomic E-state index is 0.102. The first-order chi connectivity index (χ1) is 7.27. The molecule has 2 rings (SSSR count). The summed E-state index contributed by atoms with van der Waals surface area (Å²) < 4.78 is 0. The number of hydrogen-bond acceptors (Lipinski definition) is 2. The highest BCUT2D eigenvalue weighted by Gasteiger charge is 2.40. The lowest BCUT2D eigenvalue weighted by Crippen LogP contribution is -2.50. The molecule has 2 N–H and O–H groups in total. The van der Waals surface area contributed by atoms with Crippen LogP contribution in [0.25, 0.3) is 0 Å². The van der Waals surface area contributed by atoms with Gasteiger partial charge < -0.3 is 10.6 Å². The summed E-state index contributed by atoms with van der Waals surface area (Å²) in [4.78, 5) is 12.2. The zero-order valence-electron chi connectivity index (χ0n) is 9.64. The molecule has 1 unspecified atom stereocenters. The molecule has 1 amide bonds. The van der Waals surface area contributed by atoms with Gasteiger partial charge in [-0.15, -0.1) is 0 Å². The maximum Gasteiger partial charge on any atom is 0.227 e. The molecule has 15 heavy (non-hydrogen) atoms. The molecular formula is C12H22N2O. The Hall–Kier alpha value is -0.570. The van der Waals surface area contributed by atoms with E-state index >= 15 is 0 Å². The third-order valence-corrected chi connectivity index (χ3v) is 3.60. The fraction of sp³-hybridized carbons (Fsp3) is 0.917. The van der Waals surface area contributed by atoms with Gasteiger partial charge in [0.15, 0.2) is 0 Å². The summed E-state index contributed by atoms with van der Waals surface area (Å²) in [6.45, 7) is 4.11. The van der Waals surface area contributed by atoms with Gasteiger partial charge in [0.05, 0.1) is 5.41 Å². The Balaban J connectivity index is 1.98. The lowest BCUT2D eigenvalue weighted by molar-refractivity contribution is -0.132. The van der Waals surface area contributed by atoms with Gasteiger partial charge in [0.2, 0.25) is 5.91 Å². The predicted octanol–water partition coefficient (Wildman–Crippen LogP) is 1.43. The first-order valence-corrected chi connectivity index (χ1v) is 6.28. The Kier molecular flexibility index (Phi) is 3.29. The fourth-order valence-electron chi connectivity index (χ4n) is 2.53. The van der Waals surface area contributed by atoms with E-state index < -0.39 is 0 Å². The lowest BCUT2D eigenvalue weighted by atomic mass is 9.76. The second-order valence-corrected chi connectivity index (χ2v) is 5.06. The monoisotopic (exact) mass is 210 g/mol. The second-order valence-electron chi connectivity index (χ2n) is 5.06. The molecule has 0 bridgehead atoms. The molecule has 0 aromatic heterocycles. The molecule has 1 saturated carbocycles. The highest BCUT2D eigenvalue weighted by molar-refractivity contribution is 5.83. The Morgan fingerprint density at radius 2 is 2.33 bits per heavy atom. The van der Waals surface area contributed by atoms with Crippen LogP contribution in [0.1, 0.15) is 45.4 Å². The van der Waals surface area contributed by atoms with Crippen molar-refractivity contribution < 1.29 is 4.79 Å². The van der Waals surface area contributed by atoms with Gasteiger partial charge in [-0.1, -0.05) is 13.3 Å². The molecule has 86 valence electrons. The fourth-order valence-corrected chi connectivity index (χ4v) is 2.53. The zero-order valence-corrected chi connectivity index (χ0v) is 9.64. The number of amides is 1. The van der Waals surface area contributed by atoms with Gasteiger partial charge in [0.1, 0.15) is 0 Å². The highest BCUT2D eigenvalue weighted by Crippen LogP contribution is 2.33. The summed E-state index contributed by atoms with van der Waals surface area (Å²) in [5.74, 6) is 0.305. The van der Waals surface area contributed by atoms with Crippen LogP contribution in [0.3, 0.4) is 0 Å². The first-order valence-electron chi connectivity index (χ1n) is 6.28. The third kappa shape index (κ3) is 2.51. The summed E-state index contributed by atoms with van der Waals surface area (Å²) >= 11 is 0. The van der Waals surface area contributed by atoms with Gasteiger partial charge in [-0.05, 0) is 38.6 Å². The van der Waals surface area contributed by atoms with Gasteiger partial charge >= 0.3 is 0 Å². The van der Waals surface area contributed by atoms with Crippen LogP contribution in [0.2, 0.25) is 0 Å². The Morgan fingerprint density at radius 1 is 1.53 bits per heavy atom. The first kappa shape index (κ1) is 10.9.